The van der Waals surface area contributed by atoms with E-state index in [1.807, 2.05) is 6.07 Å². The lowest BCUT2D eigenvalue weighted by Gasteiger charge is -2.26. The lowest BCUT2D eigenvalue weighted by atomic mass is 9.82. The number of hydrogen-bond acceptors (Lipinski definition) is 6. The highest BCUT2D eigenvalue weighted by molar-refractivity contribution is 5.54. The fraction of sp³-hybridized carbons (Fsp3) is 0.429. The molecule has 2 rings (SSSR count). The Hall–Kier alpha value is -2.80. The fourth-order valence-electron chi connectivity index (χ4n) is 3.44. The van der Waals surface area contributed by atoms with Gasteiger partial charge in [-0.1, -0.05) is 37.3 Å². The molecule has 0 fully saturated rings. The monoisotopic (exact) mass is 389 g/mol. The highest BCUT2D eigenvalue weighted by Crippen LogP contribution is 2.42. The summed E-state index contributed by atoms with van der Waals surface area (Å²) in [5, 5.41) is 22.7. The lowest BCUT2D eigenvalue weighted by molar-refractivity contribution is -0.582. The normalized spacial score (nSPS) is 14.0. The molecule has 28 heavy (non-hydrogen) atoms. The highest BCUT2D eigenvalue weighted by Gasteiger charge is 2.43. The van der Waals surface area contributed by atoms with Crippen LogP contribution in [-0.4, -0.2) is 31.4 Å². The molecule has 1 N–H and O–H groups in total. The molecule has 0 aromatic heterocycles. The van der Waals surface area contributed by atoms with Crippen LogP contribution in [0, 0.1) is 10.1 Å². The second-order valence-corrected chi connectivity index (χ2v) is 6.52. The largest absolute Gasteiger partial charge is 0.493 e. The summed E-state index contributed by atoms with van der Waals surface area (Å²) in [6.45, 7) is 1.79. The molecule has 0 aliphatic heterocycles. The number of nitro groups is 1. The zero-order valence-electron chi connectivity index (χ0n) is 16.7. The number of methoxy groups -OCH3 is 3. The van der Waals surface area contributed by atoms with Gasteiger partial charge in [-0.15, -0.1) is 0 Å². The molecule has 0 heterocycles. The molecule has 7 nitrogen and oxygen atoms in total. The van der Waals surface area contributed by atoms with Crippen molar-refractivity contribution >= 4 is 0 Å². The predicted molar refractivity (Wildman–Crippen MR) is 106 cm³/mol. The minimum absolute atomic E-state index is 0.193. The minimum atomic E-state index is -1.25. The molecule has 0 aliphatic rings. The van der Waals surface area contributed by atoms with Crippen molar-refractivity contribution in [3.63, 3.8) is 0 Å². The van der Waals surface area contributed by atoms with Gasteiger partial charge in [0, 0.05) is 23.3 Å². The summed E-state index contributed by atoms with van der Waals surface area (Å²) in [5.41, 5.74) is -0.0569. The van der Waals surface area contributed by atoms with Crippen LogP contribution in [0.1, 0.15) is 43.4 Å². The van der Waals surface area contributed by atoms with E-state index in [1.54, 1.807) is 43.3 Å². The molecule has 7 heteroatoms. The van der Waals surface area contributed by atoms with Gasteiger partial charge in [0.15, 0.2) is 11.5 Å². The Morgan fingerprint density at radius 1 is 1.07 bits per heavy atom. The molecular weight excluding hydrogens is 362 g/mol. The Labute approximate surface area is 165 Å². The Balaban J connectivity index is 2.31. The van der Waals surface area contributed by atoms with Crippen LogP contribution < -0.4 is 14.2 Å². The number of rotatable bonds is 10. The number of ether oxygens (including phenoxy) is 3. The van der Waals surface area contributed by atoms with Crippen molar-refractivity contribution in [1.29, 1.82) is 0 Å². The molecular formula is C21H27NO6. The summed E-state index contributed by atoms with van der Waals surface area (Å²) in [4.78, 5) is 11.7. The van der Waals surface area contributed by atoms with Gasteiger partial charge in [0.25, 0.3) is 0 Å². The maximum Gasteiger partial charge on any atom is 0.246 e. The van der Waals surface area contributed by atoms with E-state index in [2.05, 4.69) is 0 Å². The third kappa shape index (κ3) is 4.20. The lowest BCUT2D eigenvalue weighted by Crippen LogP contribution is -2.35. The maximum atomic E-state index is 12.0. The van der Waals surface area contributed by atoms with Crippen LogP contribution in [0.3, 0.4) is 0 Å². The van der Waals surface area contributed by atoms with Crippen LogP contribution in [0.25, 0.3) is 0 Å². The van der Waals surface area contributed by atoms with Crippen LogP contribution in [-0.2, 0) is 5.54 Å². The summed E-state index contributed by atoms with van der Waals surface area (Å²) < 4.78 is 15.9. The molecule has 2 aromatic carbocycles. The Bertz CT molecular complexity index is 770. The molecule has 0 saturated heterocycles. The SMILES string of the molecule is CCC(CCC(O)c1cc(OC)c(OC)c(OC)c1)(c1ccccc1)[N+](=O)[O-]. The van der Waals surface area contributed by atoms with E-state index >= 15 is 0 Å². The Kier molecular flexibility index (Phi) is 7.23. The van der Waals surface area contributed by atoms with E-state index in [0.717, 1.165) is 0 Å². The van der Waals surface area contributed by atoms with E-state index in [1.165, 1.54) is 21.3 Å². The standard InChI is InChI=1S/C21H27NO6/c1-5-21(22(24)25,16-9-7-6-8-10-16)12-11-17(23)15-13-18(26-2)20(28-4)19(14-15)27-3/h6-10,13-14,17,23H,5,11-12H2,1-4H3. The minimum Gasteiger partial charge on any atom is -0.493 e. The van der Waals surface area contributed by atoms with Crippen molar-refractivity contribution in [2.24, 2.45) is 0 Å². The van der Waals surface area contributed by atoms with Gasteiger partial charge in [0.05, 0.1) is 27.4 Å². The first-order valence-electron chi connectivity index (χ1n) is 9.11. The maximum absolute atomic E-state index is 12.0. The van der Waals surface area contributed by atoms with Crippen LogP contribution >= 0.6 is 0 Å². The van der Waals surface area contributed by atoms with Crippen LogP contribution in [0.15, 0.2) is 42.5 Å². The summed E-state index contributed by atoms with van der Waals surface area (Å²) >= 11 is 0. The quantitative estimate of drug-likeness (QED) is 0.486. The first-order chi connectivity index (χ1) is 13.4. The Morgan fingerprint density at radius 2 is 1.64 bits per heavy atom. The molecule has 0 radical (unpaired) electrons. The van der Waals surface area contributed by atoms with E-state index in [-0.39, 0.29) is 17.8 Å². The van der Waals surface area contributed by atoms with Gasteiger partial charge in [-0.05, 0) is 24.1 Å². The highest BCUT2D eigenvalue weighted by atomic mass is 16.6. The van der Waals surface area contributed by atoms with Crippen LogP contribution in [0.4, 0.5) is 0 Å². The van der Waals surface area contributed by atoms with Gasteiger partial charge < -0.3 is 19.3 Å². The number of aliphatic hydroxyl groups excluding tert-OH is 1. The van der Waals surface area contributed by atoms with Gasteiger partial charge in [-0.2, -0.15) is 0 Å². The molecule has 0 spiro atoms. The van der Waals surface area contributed by atoms with Gasteiger partial charge in [0.1, 0.15) is 0 Å². The fourth-order valence-corrected chi connectivity index (χ4v) is 3.44. The molecule has 0 bridgehead atoms. The van der Waals surface area contributed by atoms with E-state index < -0.39 is 11.6 Å². The van der Waals surface area contributed by atoms with Gasteiger partial charge in [-0.3, -0.25) is 10.1 Å². The molecule has 0 aliphatic carbocycles. The van der Waals surface area contributed by atoms with Crippen LogP contribution in [0.5, 0.6) is 17.2 Å². The molecule has 0 amide bonds. The third-order valence-electron chi connectivity index (χ3n) is 5.15. The van der Waals surface area contributed by atoms with Crippen molar-refractivity contribution in [2.75, 3.05) is 21.3 Å². The van der Waals surface area contributed by atoms with E-state index in [0.29, 0.717) is 34.8 Å². The van der Waals surface area contributed by atoms with Crippen molar-refractivity contribution < 1.29 is 24.2 Å². The van der Waals surface area contributed by atoms with E-state index in [4.69, 9.17) is 14.2 Å². The first-order valence-corrected chi connectivity index (χ1v) is 9.11. The van der Waals surface area contributed by atoms with Crippen molar-refractivity contribution in [3.8, 4) is 17.2 Å². The van der Waals surface area contributed by atoms with E-state index in [9.17, 15) is 15.2 Å². The van der Waals surface area contributed by atoms with Gasteiger partial charge in [0.2, 0.25) is 11.3 Å². The third-order valence-corrected chi connectivity index (χ3v) is 5.15. The molecule has 2 aromatic rings. The Morgan fingerprint density at radius 3 is 2.07 bits per heavy atom. The van der Waals surface area contributed by atoms with Gasteiger partial charge in [-0.25, -0.2) is 0 Å². The molecule has 0 saturated carbocycles. The second-order valence-electron chi connectivity index (χ2n) is 6.52. The topological polar surface area (TPSA) is 91.1 Å². The zero-order valence-corrected chi connectivity index (χ0v) is 16.7. The van der Waals surface area contributed by atoms with Crippen molar-refractivity contribution in [2.45, 2.75) is 37.8 Å². The van der Waals surface area contributed by atoms with Crippen LogP contribution in [0.2, 0.25) is 0 Å². The molecule has 152 valence electrons. The number of hydrogen-bond donors (Lipinski definition) is 1. The average Bonchev–Trinajstić information content (AvgIpc) is 2.73. The summed E-state index contributed by atoms with van der Waals surface area (Å²) in [6.07, 6.45) is -0.185. The smallest absolute Gasteiger partial charge is 0.246 e. The predicted octanol–water partition coefficient (Wildman–Crippen LogP) is 4.11. The second kappa shape index (κ2) is 9.41. The molecule has 2 unspecified atom stereocenters. The molecule has 2 atom stereocenters. The first kappa shape index (κ1) is 21.5. The summed E-state index contributed by atoms with van der Waals surface area (Å²) in [6, 6.07) is 12.3. The van der Waals surface area contributed by atoms with Crippen molar-refractivity contribution in [1.82, 2.24) is 0 Å². The summed E-state index contributed by atoms with van der Waals surface area (Å²) in [7, 11) is 4.50. The van der Waals surface area contributed by atoms with Gasteiger partial charge >= 0.3 is 0 Å². The average molecular weight is 389 g/mol. The summed E-state index contributed by atoms with van der Waals surface area (Å²) in [5.74, 6) is 1.28. The number of benzene rings is 2. The number of nitrogens with zero attached hydrogens (tertiary/aromatic N) is 1. The zero-order chi connectivity index (χ0) is 20.7. The van der Waals surface area contributed by atoms with Crippen molar-refractivity contribution in [3.05, 3.63) is 63.7 Å². The number of aliphatic hydroxyl groups is 1.